The number of ether oxygens (including phenoxy) is 1. The van der Waals surface area contributed by atoms with Crippen molar-refractivity contribution in [2.45, 2.75) is 30.6 Å². The minimum atomic E-state index is -4.78. The molecule has 6 fully saturated rings. The first-order valence-electron chi connectivity index (χ1n) is 23.5. The van der Waals surface area contributed by atoms with Gasteiger partial charge in [-0.25, -0.2) is 0 Å². The summed E-state index contributed by atoms with van der Waals surface area (Å²) in [6, 6.07) is 66.5. The molecule has 0 unspecified atom stereocenters. The molecule has 7 aromatic rings. The average molecular weight is 1160 g/mol. The van der Waals surface area contributed by atoms with E-state index in [1.807, 2.05) is 212 Å². The van der Waals surface area contributed by atoms with E-state index in [2.05, 4.69) is 15.9 Å². The molecule has 0 saturated carbocycles. The molecule has 366 valence electrons. The number of carbonyl (C=O) groups excluding carboxylic acids is 1. The van der Waals surface area contributed by atoms with Gasteiger partial charge < -0.3 is 54.1 Å². The summed E-state index contributed by atoms with van der Waals surface area (Å²) in [5, 5.41) is 3.75. The number of hydrogen-bond donors (Lipinski definition) is 0. The van der Waals surface area contributed by atoms with Crippen LogP contribution in [-0.4, -0.2) is 87.3 Å². The van der Waals surface area contributed by atoms with Gasteiger partial charge in [-0.1, -0.05) is 228 Å². The topological polar surface area (TPSA) is 137 Å². The zero-order valence-electron chi connectivity index (χ0n) is 38.9. The van der Waals surface area contributed by atoms with Gasteiger partial charge in [-0.05, 0) is 20.3 Å². The number of carbonyl (C=O) groups is 1. The lowest BCUT2D eigenvalue weighted by Crippen LogP contribution is -2.95. The molecule has 0 N–H and O–H groups in total. The van der Waals surface area contributed by atoms with E-state index in [4.69, 9.17) is 54.1 Å². The maximum Gasteiger partial charge on any atom is 0.515 e. The lowest BCUT2D eigenvalue weighted by Gasteiger charge is -2.62. The van der Waals surface area contributed by atoms with Crippen molar-refractivity contribution in [1.29, 1.82) is 0 Å². The van der Waals surface area contributed by atoms with E-state index in [-0.39, 0.29) is 19.1 Å². The molecule has 23 heteroatoms. The van der Waals surface area contributed by atoms with Crippen LogP contribution in [0.25, 0.3) is 0 Å². The smallest absolute Gasteiger partial charge is 0.465 e. The first kappa shape index (κ1) is 48.7. The van der Waals surface area contributed by atoms with Gasteiger partial charge in [0.15, 0.2) is 0 Å². The number of benzene rings is 7. The van der Waals surface area contributed by atoms with Crippen molar-refractivity contribution in [3.63, 3.8) is 0 Å². The number of alkyl halides is 1. The summed E-state index contributed by atoms with van der Waals surface area (Å²) < 4.78 is 102. The van der Waals surface area contributed by atoms with Crippen molar-refractivity contribution >= 4 is 129 Å². The molecule has 6 heterocycles. The zero-order chi connectivity index (χ0) is 49.2. The third-order valence-electron chi connectivity index (χ3n) is 12.5. The summed E-state index contributed by atoms with van der Waals surface area (Å²) in [5.41, 5.74) is 0. The minimum Gasteiger partial charge on any atom is -0.465 e. The number of halogens is 1. The molecule has 6 saturated heterocycles. The molecule has 0 atom stereocenters. The quantitative estimate of drug-likeness (QED) is 0.0748. The summed E-state index contributed by atoms with van der Waals surface area (Å²) in [5.74, 6) is -0.447. The van der Waals surface area contributed by atoms with E-state index in [1.165, 1.54) is 0 Å². The van der Waals surface area contributed by atoms with Gasteiger partial charge in [0, 0.05) is 42.4 Å². The Morgan fingerprint density at radius 2 is 0.556 bits per heavy atom. The fourth-order valence-electron chi connectivity index (χ4n) is 9.22. The Bertz CT molecular complexity index is 2760. The van der Waals surface area contributed by atoms with Crippen molar-refractivity contribution in [2.24, 2.45) is 0 Å². The first-order valence-corrected chi connectivity index (χ1v) is 38.3. The molecule has 72 heavy (non-hydrogen) atoms. The molecule has 14 nitrogen and oxygen atoms in total. The van der Waals surface area contributed by atoms with E-state index in [9.17, 15) is 4.79 Å². The molecule has 0 amide bonds. The lowest BCUT2D eigenvalue weighted by atomic mass is 10.2. The fourth-order valence-corrected chi connectivity index (χ4v) is 55.9. The minimum absolute atomic E-state index is 0.0187. The van der Waals surface area contributed by atoms with Crippen LogP contribution in [0.2, 0.25) is 6.04 Å². The number of esters is 1. The lowest BCUT2D eigenvalue weighted by molar-refractivity contribution is -0.145. The SMILES string of the molecule is CC(C)(Br)C(=O)OCCC[Si]12O[Si]3(c4ccccc4)O[Si]4(c5ccccc5)O[Si](c5ccccc5)(O1)O[Si]1(c5ccccc5)O[Si](c5ccccc5)(O2)O[Si](c2ccccc2)(O3)O[Si](c2ccccc2)(O4)O1. The van der Waals surface area contributed by atoms with Crippen molar-refractivity contribution in [2.75, 3.05) is 6.61 Å². The largest absolute Gasteiger partial charge is 0.515 e. The highest BCUT2D eigenvalue weighted by molar-refractivity contribution is 9.10. The zero-order valence-corrected chi connectivity index (χ0v) is 48.5. The average Bonchev–Trinajstić information content (AvgIpc) is 3.38. The van der Waals surface area contributed by atoms with Crippen LogP contribution in [0.4, 0.5) is 0 Å². The third-order valence-corrected chi connectivity index (χ3v) is 47.4. The van der Waals surface area contributed by atoms with Gasteiger partial charge >= 0.3 is 76.4 Å². The Kier molecular flexibility index (Phi) is 12.5. The first-order chi connectivity index (χ1) is 34.8. The van der Waals surface area contributed by atoms with Crippen molar-refractivity contribution < 1.29 is 58.9 Å². The van der Waals surface area contributed by atoms with E-state index >= 15 is 0 Å². The highest BCUT2D eigenvalue weighted by atomic mass is 79.9. The van der Waals surface area contributed by atoms with Crippen LogP contribution in [0.15, 0.2) is 212 Å². The van der Waals surface area contributed by atoms with Crippen molar-refractivity contribution in [3.8, 4) is 0 Å². The summed E-state index contributed by atoms with van der Waals surface area (Å²) in [6.45, 7) is 3.43. The monoisotopic (exact) mass is 1160 g/mol. The van der Waals surface area contributed by atoms with Crippen LogP contribution in [-0.2, 0) is 58.9 Å². The molecule has 0 aromatic heterocycles. The summed E-state index contributed by atoms with van der Waals surface area (Å²) >= 11 is 3.46. The fraction of sp³-hybridized carbons (Fsp3) is 0.122. The van der Waals surface area contributed by atoms with Gasteiger partial charge in [0.25, 0.3) is 0 Å². The maximum absolute atomic E-state index is 13.3. The number of hydrogen-bond acceptors (Lipinski definition) is 14. The van der Waals surface area contributed by atoms with Crippen molar-refractivity contribution in [1.82, 2.24) is 0 Å². The van der Waals surface area contributed by atoms with E-state index in [0.717, 1.165) is 0 Å². The molecule has 0 radical (unpaired) electrons. The van der Waals surface area contributed by atoms with Gasteiger partial charge in [-0.3, -0.25) is 4.79 Å². The molecule has 6 aliphatic rings. The van der Waals surface area contributed by atoms with Gasteiger partial charge in [0.2, 0.25) is 0 Å². The molecule has 7 aromatic carbocycles. The Labute approximate surface area is 434 Å². The summed E-state index contributed by atoms with van der Waals surface area (Å²) in [7, 11) is -38.1. The normalized spacial score (nSPS) is 32.7. The Balaban J connectivity index is 1.24. The Morgan fingerprint density at radius 1 is 0.361 bits per heavy atom. The highest BCUT2D eigenvalue weighted by Crippen LogP contribution is 2.49. The second-order valence-electron chi connectivity index (χ2n) is 18.1. The summed E-state index contributed by atoms with van der Waals surface area (Å²) in [4.78, 5) is 13.3. The Morgan fingerprint density at radius 3 is 0.750 bits per heavy atom. The molecule has 6 aliphatic heterocycles. The standard InChI is InChI=1S/C49H47BrO14Si8/c1-49(2,50)48(51)52-39-24-40-65-53-66(41-25-10-3-11-26-41)56-69(44-31-16-6-17-32-44)58-67(54-65,42-27-12-4-13-28-42)60-71(46-35-20-8-21-36-46)61-68(55-65,43-29-14-5-15-30-43)59-70(57-66,45-33-18-7-19-34-45)63-72(62-69,64-71)47-37-22-9-23-38-47/h3-23,25-38H,24,39-40H2,1-2H3. The third kappa shape index (κ3) is 8.53. The molecule has 0 aliphatic carbocycles. The second-order valence-corrected chi connectivity index (χ2v) is 43.5. The molecule has 13 rings (SSSR count). The summed E-state index contributed by atoms with van der Waals surface area (Å²) in [6.07, 6.45) is 0.191. The van der Waals surface area contributed by atoms with E-state index < -0.39 is 80.7 Å². The van der Waals surface area contributed by atoms with Crippen LogP contribution in [0, 0.1) is 0 Å². The Hall–Kier alpha value is -4.25. The molecule has 0 spiro atoms. The van der Waals surface area contributed by atoms with E-state index in [0.29, 0.717) is 36.3 Å². The predicted molar refractivity (Wildman–Crippen MR) is 285 cm³/mol. The molecular weight excluding hydrogens is 1120 g/mol. The maximum atomic E-state index is 13.3. The van der Waals surface area contributed by atoms with Gasteiger partial charge in [-0.15, -0.1) is 0 Å². The second kappa shape index (κ2) is 18.5. The molecule has 8 bridgehead atoms. The predicted octanol–water partition coefficient (Wildman–Crippen LogP) is 4.22. The van der Waals surface area contributed by atoms with Crippen molar-refractivity contribution in [3.05, 3.63) is 212 Å². The van der Waals surface area contributed by atoms with Gasteiger partial charge in [-0.2, -0.15) is 0 Å². The van der Waals surface area contributed by atoms with Gasteiger partial charge in [0.05, 0.1) is 6.61 Å². The van der Waals surface area contributed by atoms with Crippen LogP contribution in [0.5, 0.6) is 0 Å². The highest BCUT2D eigenvalue weighted by Gasteiger charge is 2.86. The van der Waals surface area contributed by atoms with Crippen LogP contribution >= 0.6 is 15.9 Å². The number of rotatable bonds is 12. The van der Waals surface area contributed by atoms with Crippen LogP contribution in [0.1, 0.15) is 20.3 Å². The molecular formula is C49H47BrO14Si8. The van der Waals surface area contributed by atoms with Crippen LogP contribution < -0.4 is 36.3 Å². The van der Waals surface area contributed by atoms with E-state index in [1.54, 1.807) is 13.8 Å². The van der Waals surface area contributed by atoms with Crippen LogP contribution in [0.3, 0.4) is 0 Å². The van der Waals surface area contributed by atoms with Gasteiger partial charge in [0.1, 0.15) is 4.32 Å².